The zero-order valence-corrected chi connectivity index (χ0v) is 14.1. The molecule has 0 heterocycles. The molecule has 1 rings (SSSR count). The molecule has 0 radical (unpaired) electrons. The van der Waals surface area contributed by atoms with Gasteiger partial charge < -0.3 is 14.7 Å². The number of nitro benzene ring substituents is 1. The van der Waals surface area contributed by atoms with Crippen molar-refractivity contribution in [3.05, 3.63) is 46.0 Å². The summed E-state index contributed by atoms with van der Waals surface area (Å²) in [7, 11) is 0. The van der Waals surface area contributed by atoms with Gasteiger partial charge in [-0.15, -0.1) is 0 Å². The second-order valence-electron chi connectivity index (χ2n) is 5.14. The van der Waals surface area contributed by atoms with E-state index in [2.05, 4.69) is 0 Å². The second kappa shape index (κ2) is 10.9. The van der Waals surface area contributed by atoms with Gasteiger partial charge in [0.25, 0.3) is 5.69 Å². The normalized spacial score (nSPS) is 10.6. The minimum absolute atomic E-state index is 0.0255. The standard InChI is InChI=1S/C17H22N2O6/c1-2-25-17(22)10-12-18(11-3-13-20)16(21)9-6-14-4-7-15(8-5-14)19(23)24/h4-9,20H,2-3,10-13H2,1H3/b9-6+. The summed E-state index contributed by atoms with van der Waals surface area (Å²) in [5.41, 5.74) is 0.619. The lowest BCUT2D eigenvalue weighted by atomic mass is 10.2. The Hall–Kier alpha value is -2.74. The predicted octanol–water partition coefficient (Wildman–Crippen LogP) is 1.77. The molecule has 25 heavy (non-hydrogen) atoms. The van der Waals surface area contributed by atoms with Crippen LogP contribution < -0.4 is 0 Å². The third kappa shape index (κ3) is 7.58. The number of carbonyl (C=O) groups excluding carboxylic acids is 2. The lowest BCUT2D eigenvalue weighted by Crippen LogP contribution is -2.33. The maximum absolute atomic E-state index is 12.3. The van der Waals surface area contributed by atoms with Crippen LogP contribution in [0.15, 0.2) is 30.3 Å². The number of benzene rings is 1. The first-order chi connectivity index (χ1) is 12.0. The van der Waals surface area contributed by atoms with Crippen LogP contribution >= 0.6 is 0 Å². The van der Waals surface area contributed by atoms with Crippen molar-refractivity contribution in [3.8, 4) is 0 Å². The molecule has 136 valence electrons. The van der Waals surface area contributed by atoms with Crippen LogP contribution in [0.3, 0.4) is 0 Å². The number of nitro groups is 1. The number of hydrogen-bond acceptors (Lipinski definition) is 6. The van der Waals surface area contributed by atoms with Gasteiger partial charge in [-0.2, -0.15) is 0 Å². The summed E-state index contributed by atoms with van der Waals surface area (Å²) in [6, 6.07) is 5.79. The van der Waals surface area contributed by atoms with Gasteiger partial charge in [-0.05, 0) is 37.1 Å². The van der Waals surface area contributed by atoms with Gasteiger partial charge in [-0.25, -0.2) is 0 Å². The first kappa shape index (κ1) is 20.3. The fourth-order valence-electron chi connectivity index (χ4n) is 2.03. The highest BCUT2D eigenvalue weighted by molar-refractivity contribution is 5.92. The molecule has 0 fully saturated rings. The number of nitrogens with zero attached hydrogens (tertiary/aromatic N) is 2. The van der Waals surface area contributed by atoms with Crippen molar-refractivity contribution in [2.45, 2.75) is 19.8 Å². The summed E-state index contributed by atoms with van der Waals surface area (Å²) < 4.78 is 4.84. The largest absolute Gasteiger partial charge is 0.466 e. The molecule has 0 spiro atoms. The third-order valence-corrected chi connectivity index (χ3v) is 3.31. The van der Waals surface area contributed by atoms with Gasteiger partial charge >= 0.3 is 5.97 Å². The zero-order chi connectivity index (χ0) is 18.7. The molecule has 0 aliphatic rings. The van der Waals surface area contributed by atoms with Gasteiger partial charge in [0.1, 0.15) is 0 Å². The lowest BCUT2D eigenvalue weighted by Gasteiger charge is -2.20. The van der Waals surface area contributed by atoms with Crippen LogP contribution in [0.4, 0.5) is 5.69 Å². The van der Waals surface area contributed by atoms with E-state index in [0.29, 0.717) is 18.5 Å². The molecule has 0 aliphatic carbocycles. The number of rotatable bonds is 10. The van der Waals surface area contributed by atoms with E-state index in [0.717, 1.165) is 0 Å². The van der Waals surface area contributed by atoms with E-state index in [1.807, 2.05) is 0 Å². The maximum atomic E-state index is 12.3. The van der Waals surface area contributed by atoms with Gasteiger partial charge in [0.15, 0.2) is 0 Å². The van der Waals surface area contributed by atoms with E-state index < -0.39 is 4.92 Å². The van der Waals surface area contributed by atoms with E-state index in [1.54, 1.807) is 25.1 Å². The Morgan fingerprint density at radius 3 is 2.52 bits per heavy atom. The first-order valence-electron chi connectivity index (χ1n) is 7.95. The number of non-ortho nitro benzene ring substituents is 1. The summed E-state index contributed by atoms with van der Waals surface area (Å²) in [4.78, 5) is 35.3. The Morgan fingerprint density at radius 1 is 1.28 bits per heavy atom. The number of amides is 1. The molecule has 0 aromatic heterocycles. The van der Waals surface area contributed by atoms with Crippen LogP contribution in [0.1, 0.15) is 25.3 Å². The van der Waals surface area contributed by atoms with Crippen LogP contribution in [-0.2, 0) is 14.3 Å². The number of hydrogen-bond donors (Lipinski definition) is 1. The average molecular weight is 350 g/mol. The van der Waals surface area contributed by atoms with Crippen LogP contribution in [0.25, 0.3) is 6.08 Å². The second-order valence-corrected chi connectivity index (χ2v) is 5.14. The summed E-state index contributed by atoms with van der Waals surface area (Å²) in [6.45, 7) is 2.44. The molecule has 1 N–H and O–H groups in total. The Balaban J connectivity index is 2.68. The average Bonchev–Trinajstić information content (AvgIpc) is 2.60. The van der Waals surface area contributed by atoms with E-state index in [4.69, 9.17) is 9.84 Å². The summed E-state index contributed by atoms with van der Waals surface area (Å²) in [5.74, 6) is -0.695. The highest BCUT2D eigenvalue weighted by Crippen LogP contribution is 2.13. The number of aliphatic hydroxyl groups excluding tert-OH is 1. The number of carbonyl (C=O) groups is 2. The quantitative estimate of drug-likeness (QED) is 0.298. The summed E-state index contributed by atoms with van der Waals surface area (Å²) in [6.07, 6.45) is 3.36. The third-order valence-electron chi connectivity index (χ3n) is 3.31. The molecule has 0 saturated carbocycles. The molecule has 8 nitrogen and oxygen atoms in total. The molecule has 0 aliphatic heterocycles. The fourth-order valence-corrected chi connectivity index (χ4v) is 2.03. The molecule has 0 atom stereocenters. The Labute approximate surface area is 145 Å². The SMILES string of the molecule is CCOC(=O)CCN(CCCO)C(=O)/C=C/c1ccc([N+](=O)[O-])cc1. The van der Waals surface area contributed by atoms with Crippen molar-refractivity contribution in [2.24, 2.45) is 0 Å². The van der Waals surface area contributed by atoms with Gasteiger partial charge in [0.2, 0.25) is 5.91 Å². The highest BCUT2D eigenvalue weighted by Gasteiger charge is 2.13. The van der Waals surface area contributed by atoms with Gasteiger partial charge in [0.05, 0.1) is 18.0 Å². The molecule has 1 aromatic carbocycles. The van der Waals surface area contributed by atoms with Gasteiger partial charge in [0, 0.05) is 37.9 Å². The summed E-state index contributed by atoms with van der Waals surface area (Å²) in [5, 5.41) is 19.5. The van der Waals surface area contributed by atoms with Gasteiger partial charge in [-0.1, -0.05) is 0 Å². The molecule has 0 bridgehead atoms. The first-order valence-corrected chi connectivity index (χ1v) is 7.95. The fraction of sp³-hybridized carbons (Fsp3) is 0.412. The van der Waals surface area contributed by atoms with E-state index in [9.17, 15) is 19.7 Å². The predicted molar refractivity (Wildman–Crippen MR) is 91.7 cm³/mol. The molecule has 1 amide bonds. The zero-order valence-electron chi connectivity index (χ0n) is 14.1. The number of aliphatic hydroxyl groups is 1. The molecule has 8 heteroatoms. The summed E-state index contributed by atoms with van der Waals surface area (Å²) >= 11 is 0. The van der Waals surface area contributed by atoms with Crippen LogP contribution in [0.2, 0.25) is 0 Å². The van der Waals surface area contributed by atoms with E-state index in [-0.39, 0.29) is 43.7 Å². The van der Waals surface area contributed by atoms with Gasteiger partial charge in [-0.3, -0.25) is 19.7 Å². The topological polar surface area (TPSA) is 110 Å². The van der Waals surface area contributed by atoms with Crippen molar-refractivity contribution in [1.29, 1.82) is 0 Å². The van der Waals surface area contributed by atoms with Crippen molar-refractivity contribution >= 4 is 23.6 Å². The number of esters is 1. The molecule has 1 aromatic rings. The smallest absolute Gasteiger partial charge is 0.307 e. The van der Waals surface area contributed by atoms with Crippen molar-refractivity contribution in [2.75, 3.05) is 26.3 Å². The Kier molecular flexibility index (Phi) is 8.87. The molecular weight excluding hydrogens is 328 g/mol. The Bertz CT molecular complexity index is 612. The van der Waals surface area contributed by atoms with E-state index in [1.165, 1.54) is 23.1 Å². The van der Waals surface area contributed by atoms with E-state index >= 15 is 0 Å². The molecule has 0 unspecified atom stereocenters. The minimum atomic E-state index is -0.495. The van der Waals surface area contributed by atoms with Crippen molar-refractivity contribution in [3.63, 3.8) is 0 Å². The molecular formula is C17H22N2O6. The highest BCUT2D eigenvalue weighted by atomic mass is 16.6. The van der Waals surface area contributed by atoms with Crippen molar-refractivity contribution < 1.29 is 24.4 Å². The monoisotopic (exact) mass is 350 g/mol. The maximum Gasteiger partial charge on any atom is 0.307 e. The number of ether oxygens (including phenoxy) is 1. The minimum Gasteiger partial charge on any atom is -0.466 e. The van der Waals surface area contributed by atoms with Crippen LogP contribution in [0.5, 0.6) is 0 Å². The van der Waals surface area contributed by atoms with Crippen LogP contribution in [-0.4, -0.2) is 53.1 Å². The Morgan fingerprint density at radius 2 is 1.96 bits per heavy atom. The lowest BCUT2D eigenvalue weighted by molar-refractivity contribution is -0.384. The van der Waals surface area contributed by atoms with Crippen LogP contribution in [0, 0.1) is 10.1 Å². The molecule has 0 saturated heterocycles. The van der Waals surface area contributed by atoms with Crippen molar-refractivity contribution in [1.82, 2.24) is 4.90 Å².